The number of urea groups is 1. The number of amides is 3. The zero-order valence-corrected chi connectivity index (χ0v) is 15.3. The number of benzene rings is 2. The lowest BCUT2D eigenvalue weighted by atomic mass is 10.1. The van der Waals surface area contributed by atoms with Gasteiger partial charge in [-0.3, -0.25) is 14.9 Å². The maximum Gasteiger partial charge on any atom is 0.319 e. The maximum absolute atomic E-state index is 12.6. The Hall–Kier alpha value is -4.28. The van der Waals surface area contributed by atoms with Crippen LogP contribution in [0.1, 0.15) is 17.3 Å². The number of hydrogen-bond donors (Lipinski definition) is 3. The second-order valence-electron chi connectivity index (χ2n) is 5.82. The Labute approximate surface area is 164 Å². The molecule has 0 aliphatic carbocycles. The highest BCUT2D eigenvalue weighted by Gasteiger charge is 2.19. The van der Waals surface area contributed by atoms with Crippen molar-refractivity contribution < 1.29 is 14.5 Å². The van der Waals surface area contributed by atoms with Crippen LogP contribution in [0.25, 0.3) is 5.69 Å². The van der Waals surface area contributed by atoms with Crippen molar-refractivity contribution in [2.24, 2.45) is 0 Å². The quantitative estimate of drug-likeness (QED) is 0.432. The van der Waals surface area contributed by atoms with Crippen LogP contribution in [0.2, 0.25) is 0 Å². The lowest BCUT2D eigenvalue weighted by Crippen LogP contribution is -2.28. The van der Waals surface area contributed by atoms with E-state index in [2.05, 4.69) is 26.0 Å². The maximum atomic E-state index is 12.6. The number of nitro benzene ring substituents is 1. The summed E-state index contributed by atoms with van der Waals surface area (Å²) in [5, 5.41) is 23.2. The van der Waals surface area contributed by atoms with Crippen molar-refractivity contribution in [3.63, 3.8) is 0 Å². The molecule has 3 amide bonds. The first-order chi connectivity index (χ1) is 14.0. The van der Waals surface area contributed by atoms with Crippen LogP contribution in [0.5, 0.6) is 0 Å². The Morgan fingerprint density at radius 3 is 2.55 bits per heavy atom. The van der Waals surface area contributed by atoms with E-state index in [9.17, 15) is 19.7 Å². The molecule has 0 bridgehead atoms. The Kier molecular flexibility index (Phi) is 5.78. The third kappa shape index (κ3) is 4.71. The molecule has 2 aromatic carbocycles. The molecule has 0 spiro atoms. The van der Waals surface area contributed by atoms with E-state index in [1.165, 1.54) is 35.5 Å². The predicted molar refractivity (Wildman–Crippen MR) is 105 cm³/mol. The van der Waals surface area contributed by atoms with Crippen molar-refractivity contribution in [2.75, 3.05) is 17.2 Å². The molecule has 3 rings (SSSR count). The largest absolute Gasteiger partial charge is 0.338 e. The lowest BCUT2D eigenvalue weighted by molar-refractivity contribution is -0.384. The van der Waals surface area contributed by atoms with Gasteiger partial charge in [-0.15, -0.1) is 0 Å². The molecule has 0 unspecified atom stereocenters. The number of rotatable bonds is 6. The molecular formula is C18H17N7O4. The van der Waals surface area contributed by atoms with E-state index in [1.54, 1.807) is 31.2 Å². The van der Waals surface area contributed by atoms with E-state index in [4.69, 9.17) is 0 Å². The second-order valence-corrected chi connectivity index (χ2v) is 5.82. The number of anilines is 2. The van der Waals surface area contributed by atoms with Gasteiger partial charge in [-0.25, -0.2) is 14.5 Å². The second kappa shape index (κ2) is 8.61. The summed E-state index contributed by atoms with van der Waals surface area (Å²) in [6, 6.07) is 10.2. The molecule has 0 saturated carbocycles. The molecule has 1 aromatic heterocycles. The normalized spacial score (nSPS) is 10.2. The zero-order chi connectivity index (χ0) is 20.8. The first-order valence-electron chi connectivity index (χ1n) is 8.57. The van der Waals surface area contributed by atoms with Gasteiger partial charge in [0.05, 0.1) is 4.92 Å². The van der Waals surface area contributed by atoms with Crippen LogP contribution in [0.3, 0.4) is 0 Å². The fourth-order valence-electron chi connectivity index (χ4n) is 2.55. The third-order valence-corrected chi connectivity index (χ3v) is 3.82. The summed E-state index contributed by atoms with van der Waals surface area (Å²) < 4.78 is 1.25. The molecule has 0 fully saturated rings. The minimum atomic E-state index is -0.593. The van der Waals surface area contributed by atoms with Crippen LogP contribution < -0.4 is 16.0 Å². The van der Waals surface area contributed by atoms with Gasteiger partial charge in [0.25, 0.3) is 11.6 Å². The fraction of sp³-hybridized carbons (Fsp3) is 0.111. The van der Waals surface area contributed by atoms with Crippen molar-refractivity contribution in [2.45, 2.75) is 6.92 Å². The van der Waals surface area contributed by atoms with Gasteiger partial charge in [0.2, 0.25) is 0 Å². The Bertz CT molecular complexity index is 1050. The molecule has 0 atom stereocenters. The molecule has 3 N–H and O–H groups in total. The van der Waals surface area contributed by atoms with Crippen LogP contribution in [0.15, 0.2) is 55.1 Å². The molecule has 0 saturated heterocycles. The summed E-state index contributed by atoms with van der Waals surface area (Å²) >= 11 is 0. The highest BCUT2D eigenvalue weighted by atomic mass is 16.6. The van der Waals surface area contributed by atoms with Crippen molar-refractivity contribution in [1.82, 2.24) is 20.1 Å². The first kappa shape index (κ1) is 19.5. The van der Waals surface area contributed by atoms with Gasteiger partial charge in [-0.2, -0.15) is 5.10 Å². The minimum Gasteiger partial charge on any atom is -0.338 e. The highest BCUT2D eigenvalue weighted by Crippen LogP contribution is 2.24. The molecule has 0 aliphatic heterocycles. The molecule has 11 nitrogen and oxygen atoms in total. The molecule has 148 valence electrons. The van der Waals surface area contributed by atoms with Gasteiger partial charge < -0.3 is 16.0 Å². The number of aromatic nitrogens is 3. The summed E-state index contributed by atoms with van der Waals surface area (Å²) in [6.07, 6.45) is 2.58. The van der Waals surface area contributed by atoms with Crippen LogP contribution in [0.4, 0.5) is 21.9 Å². The number of nitrogens with one attached hydrogen (secondary N) is 3. The van der Waals surface area contributed by atoms with E-state index in [0.717, 1.165) is 0 Å². The Balaban J connectivity index is 1.80. The Morgan fingerprint density at radius 1 is 1.14 bits per heavy atom. The van der Waals surface area contributed by atoms with E-state index >= 15 is 0 Å². The Morgan fingerprint density at radius 2 is 1.90 bits per heavy atom. The predicted octanol–water partition coefficient (Wildman–Crippen LogP) is 2.57. The van der Waals surface area contributed by atoms with Crippen molar-refractivity contribution in [3.8, 4) is 5.69 Å². The van der Waals surface area contributed by atoms with Crippen LogP contribution >= 0.6 is 0 Å². The molecule has 3 aromatic rings. The van der Waals surface area contributed by atoms with Gasteiger partial charge in [-0.05, 0) is 37.3 Å². The monoisotopic (exact) mass is 395 g/mol. The summed E-state index contributed by atoms with van der Waals surface area (Å²) in [7, 11) is 0. The molecule has 29 heavy (non-hydrogen) atoms. The first-order valence-corrected chi connectivity index (χ1v) is 8.57. The van der Waals surface area contributed by atoms with Crippen LogP contribution in [-0.2, 0) is 0 Å². The molecular weight excluding hydrogens is 378 g/mol. The van der Waals surface area contributed by atoms with Gasteiger partial charge in [0.15, 0.2) is 0 Å². The van der Waals surface area contributed by atoms with Crippen molar-refractivity contribution in [1.29, 1.82) is 0 Å². The average Bonchev–Trinajstić information content (AvgIpc) is 3.22. The van der Waals surface area contributed by atoms with Crippen molar-refractivity contribution in [3.05, 3.63) is 70.8 Å². The smallest absolute Gasteiger partial charge is 0.319 e. The standard InChI is InChI=1S/C18H17N7O4/c1-2-20-18(27)23-14-5-3-4-13(9-14)22-17(26)12-6-7-15(16(8-12)25(28)29)24-11-19-10-21-24/h3-11H,2H2,1H3,(H,22,26)(H2,20,23,27). The van der Waals surface area contributed by atoms with Crippen molar-refractivity contribution >= 4 is 29.0 Å². The molecule has 1 heterocycles. The topological polar surface area (TPSA) is 144 Å². The summed E-state index contributed by atoms with van der Waals surface area (Å²) in [5.74, 6) is -0.534. The number of nitro groups is 1. The van der Waals surface area contributed by atoms with Gasteiger partial charge in [0, 0.05) is 29.5 Å². The number of carbonyl (C=O) groups is 2. The van der Waals surface area contributed by atoms with Gasteiger partial charge in [-0.1, -0.05) is 6.07 Å². The van der Waals surface area contributed by atoms with Crippen LogP contribution in [0, 0.1) is 10.1 Å². The summed E-state index contributed by atoms with van der Waals surface area (Å²) in [6.45, 7) is 2.27. The van der Waals surface area contributed by atoms with Gasteiger partial charge in [0.1, 0.15) is 18.3 Å². The van der Waals surface area contributed by atoms with E-state index in [-0.39, 0.29) is 23.0 Å². The molecule has 0 aliphatic rings. The van der Waals surface area contributed by atoms with E-state index < -0.39 is 10.8 Å². The summed E-state index contributed by atoms with van der Waals surface area (Å²) in [4.78, 5) is 38.8. The number of carbonyl (C=O) groups excluding carboxylic acids is 2. The lowest BCUT2D eigenvalue weighted by Gasteiger charge is -2.10. The number of hydrogen-bond acceptors (Lipinski definition) is 6. The van der Waals surface area contributed by atoms with E-state index in [0.29, 0.717) is 17.9 Å². The number of nitrogens with zero attached hydrogens (tertiary/aromatic N) is 4. The summed E-state index contributed by atoms with van der Waals surface area (Å²) in [5.41, 5.74) is 0.920. The third-order valence-electron chi connectivity index (χ3n) is 3.82. The SMILES string of the molecule is CCNC(=O)Nc1cccc(NC(=O)c2ccc(-n3cncn3)c([N+](=O)[O-])c2)c1. The van der Waals surface area contributed by atoms with Gasteiger partial charge >= 0.3 is 6.03 Å². The zero-order valence-electron chi connectivity index (χ0n) is 15.3. The highest BCUT2D eigenvalue weighted by molar-refractivity contribution is 6.05. The molecule has 11 heteroatoms. The molecule has 0 radical (unpaired) electrons. The minimum absolute atomic E-state index is 0.0997. The fourth-order valence-corrected chi connectivity index (χ4v) is 2.55. The average molecular weight is 395 g/mol. The van der Waals surface area contributed by atoms with E-state index in [1.807, 2.05) is 0 Å². The van der Waals surface area contributed by atoms with Crippen LogP contribution in [-0.4, -0.2) is 38.2 Å².